The van der Waals surface area contributed by atoms with Gasteiger partial charge in [0.15, 0.2) is 10.8 Å². The summed E-state index contributed by atoms with van der Waals surface area (Å²) in [6, 6.07) is 0. The fraction of sp³-hybridized carbons (Fsp3) is 0.500. The lowest BCUT2D eigenvalue weighted by Crippen LogP contribution is -2.15. The van der Waals surface area contributed by atoms with Gasteiger partial charge in [-0.05, 0) is 6.92 Å². The zero-order chi connectivity index (χ0) is 9.84. The molecule has 4 nitrogen and oxygen atoms in total. The Hall–Kier alpha value is -1.10. The summed E-state index contributed by atoms with van der Waals surface area (Å²) >= 11 is 1.44. The molecule has 0 radical (unpaired) electrons. The van der Waals surface area contributed by atoms with Crippen LogP contribution in [0.1, 0.15) is 17.4 Å². The number of esters is 1. The zero-order valence-electron chi connectivity index (χ0n) is 7.90. The van der Waals surface area contributed by atoms with Crippen molar-refractivity contribution in [2.24, 2.45) is 0 Å². The van der Waals surface area contributed by atoms with Crippen molar-refractivity contribution in [2.75, 3.05) is 25.6 Å². The molecule has 0 aliphatic carbocycles. The van der Waals surface area contributed by atoms with Crippen LogP contribution in [0.4, 0.5) is 5.13 Å². The summed E-state index contributed by atoms with van der Waals surface area (Å²) in [5.41, 5.74) is 0.378. The van der Waals surface area contributed by atoms with E-state index >= 15 is 0 Å². The molecule has 0 aliphatic rings. The molecule has 0 aliphatic heterocycles. The second-order valence-corrected chi connectivity index (χ2v) is 3.36. The van der Waals surface area contributed by atoms with E-state index in [1.54, 1.807) is 5.38 Å². The van der Waals surface area contributed by atoms with Crippen molar-refractivity contribution in [3.8, 4) is 0 Å². The molecule has 1 aromatic rings. The molecule has 0 spiro atoms. The summed E-state index contributed by atoms with van der Waals surface area (Å²) in [5, 5.41) is 2.54. The average molecular weight is 200 g/mol. The lowest BCUT2D eigenvalue weighted by atomic mass is 10.5. The van der Waals surface area contributed by atoms with Gasteiger partial charge in [0.25, 0.3) is 0 Å². The van der Waals surface area contributed by atoms with E-state index in [-0.39, 0.29) is 5.97 Å². The molecule has 0 saturated heterocycles. The van der Waals surface area contributed by atoms with Crippen LogP contribution in [0.25, 0.3) is 0 Å². The molecule has 0 saturated carbocycles. The maximum atomic E-state index is 11.0. The summed E-state index contributed by atoms with van der Waals surface area (Å²) in [5.74, 6) is -0.382. The Kier molecular flexibility index (Phi) is 3.25. The van der Waals surface area contributed by atoms with E-state index in [2.05, 4.69) is 9.72 Å². The van der Waals surface area contributed by atoms with E-state index in [1.807, 2.05) is 18.9 Å². The van der Waals surface area contributed by atoms with Crippen LogP contribution in [0.15, 0.2) is 5.38 Å². The molecule has 0 unspecified atom stereocenters. The lowest BCUT2D eigenvalue weighted by molar-refractivity contribution is 0.0595. The van der Waals surface area contributed by atoms with E-state index in [4.69, 9.17) is 0 Å². The smallest absolute Gasteiger partial charge is 0.357 e. The molecule has 0 atom stereocenters. The molecule has 0 amide bonds. The number of ether oxygens (including phenoxy) is 1. The first-order valence-electron chi connectivity index (χ1n) is 3.94. The number of methoxy groups -OCH3 is 1. The molecule has 5 heteroatoms. The summed E-state index contributed by atoms with van der Waals surface area (Å²) < 4.78 is 4.55. The molecule has 0 fully saturated rings. The van der Waals surface area contributed by atoms with Gasteiger partial charge in [-0.2, -0.15) is 0 Å². The van der Waals surface area contributed by atoms with Gasteiger partial charge >= 0.3 is 5.97 Å². The summed E-state index contributed by atoms with van der Waals surface area (Å²) in [6.45, 7) is 2.90. The van der Waals surface area contributed by atoms with E-state index in [0.29, 0.717) is 5.69 Å². The predicted molar refractivity (Wildman–Crippen MR) is 52.4 cm³/mol. The maximum Gasteiger partial charge on any atom is 0.357 e. The van der Waals surface area contributed by atoms with E-state index in [0.717, 1.165) is 11.7 Å². The number of carbonyl (C=O) groups is 1. The third kappa shape index (κ3) is 2.18. The summed E-state index contributed by atoms with van der Waals surface area (Å²) in [4.78, 5) is 17.1. The van der Waals surface area contributed by atoms with Crippen LogP contribution < -0.4 is 4.90 Å². The van der Waals surface area contributed by atoms with Crippen LogP contribution in [0.2, 0.25) is 0 Å². The fourth-order valence-corrected chi connectivity index (χ4v) is 1.60. The van der Waals surface area contributed by atoms with Crippen LogP contribution in [-0.2, 0) is 4.74 Å². The number of nitrogens with zero attached hydrogens (tertiary/aromatic N) is 2. The highest BCUT2D eigenvalue weighted by Crippen LogP contribution is 2.19. The highest BCUT2D eigenvalue weighted by molar-refractivity contribution is 7.13. The monoisotopic (exact) mass is 200 g/mol. The molecule has 72 valence electrons. The van der Waals surface area contributed by atoms with Crippen molar-refractivity contribution in [2.45, 2.75) is 6.92 Å². The van der Waals surface area contributed by atoms with Gasteiger partial charge in [-0.25, -0.2) is 9.78 Å². The molecule has 1 rings (SSSR count). The average Bonchev–Trinajstić information content (AvgIpc) is 2.64. The van der Waals surface area contributed by atoms with Crippen molar-refractivity contribution >= 4 is 22.4 Å². The molecule has 1 aromatic heterocycles. The van der Waals surface area contributed by atoms with Crippen molar-refractivity contribution in [3.63, 3.8) is 0 Å². The van der Waals surface area contributed by atoms with Crippen molar-refractivity contribution in [1.29, 1.82) is 0 Å². The number of carbonyl (C=O) groups excluding carboxylic acids is 1. The lowest BCUT2D eigenvalue weighted by Gasteiger charge is -2.10. The molecule has 1 heterocycles. The second-order valence-electron chi connectivity index (χ2n) is 2.52. The number of hydrogen-bond acceptors (Lipinski definition) is 5. The third-order valence-corrected chi connectivity index (χ3v) is 2.64. The van der Waals surface area contributed by atoms with E-state index in [1.165, 1.54) is 18.4 Å². The Morgan fingerprint density at radius 3 is 3.00 bits per heavy atom. The van der Waals surface area contributed by atoms with Crippen LogP contribution in [-0.4, -0.2) is 31.7 Å². The number of hydrogen-bond donors (Lipinski definition) is 0. The van der Waals surface area contributed by atoms with Gasteiger partial charge in [-0.1, -0.05) is 0 Å². The number of rotatable bonds is 3. The summed E-state index contributed by atoms with van der Waals surface area (Å²) in [7, 11) is 3.28. The zero-order valence-corrected chi connectivity index (χ0v) is 8.72. The number of aromatic nitrogens is 1. The topological polar surface area (TPSA) is 42.4 Å². The van der Waals surface area contributed by atoms with Crippen LogP contribution in [0.5, 0.6) is 0 Å². The van der Waals surface area contributed by atoms with Crippen molar-refractivity contribution in [3.05, 3.63) is 11.1 Å². The minimum absolute atomic E-state index is 0.378. The van der Waals surface area contributed by atoms with Crippen LogP contribution in [0, 0.1) is 0 Å². The first-order valence-corrected chi connectivity index (χ1v) is 4.82. The SMILES string of the molecule is CCN(C)c1nc(C(=O)OC)cs1. The summed E-state index contributed by atoms with van der Waals surface area (Å²) in [6.07, 6.45) is 0. The maximum absolute atomic E-state index is 11.0. The quantitative estimate of drug-likeness (QED) is 0.691. The second kappa shape index (κ2) is 4.23. The van der Waals surface area contributed by atoms with Gasteiger partial charge in [-0.3, -0.25) is 0 Å². The molecule has 0 N–H and O–H groups in total. The Bertz CT molecular complexity index is 298. The first-order chi connectivity index (χ1) is 6.19. The Morgan fingerprint density at radius 2 is 2.46 bits per heavy atom. The van der Waals surface area contributed by atoms with E-state index in [9.17, 15) is 4.79 Å². The van der Waals surface area contributed by atoms with Gasteiger partial charge in [0.05, 0.1) is 7.11 Å². The van der Waals surface area contributed by atoms with Gasteiger partial charge < -0.3 is 9.64 Å². The number of thiazole rings is 1. The minimum atomic E-state index is -0.382. The Balaban J connectivity index is 2.80. The van der Waals surface area contributed by atoms with Gasteiger partial charge in [0.2, 0.25) is 0 Å². The largest absolute Gasteiger partial charge is 0.464 e. The molecular formula is C8H12N2O2S. The first kappa shape index (κ1) is 9.98. The van der Waals surface area contributed by atoms with Crippen molar-refractivity contribution < 1.29 is 9.53 Å². The number of anilines is 1. The minimum Gasteiger partial charge on any atom is -0.464 e. The van der Waals surface area contributed by atoms with Gasteiger partial charge in [0.1, 0.15) is 0 Å². The molecule has 0 aromatic carbocycles. The highest BCUT2D eigenvalue weighted by Gasteiger charge is 2.11. The van der Waals surface area contributed by atoms with E-state index < -0.39 is 0 Å². The fourth-order valence-electron chi connectivity index (χ4n) is 0.773. The van der Waals surface area contributed by atoms with Crippen molar-refractivity contribution in [1.82, 2.24) is 4.98 Å². The predicted octanol–water partition coefficient (Wildman–Crippen LogP) is 1.39. The standard InChI is InChI=1S/C8H12N2O2S/c1-4-10(2)8-9-6(5-13-8)7(11)12-3/h5H,4H2,1-3H3. The Morgan fingerprint density at radius 1 is 1.77 bits per heavy atom. The van der Waals surface area contributed by atoms with Gasteiger partial charge in [0, 0.05) is 19.0 Å². The highest BCUT2D eigenvalue weighted by atomic mass is 32.1. The Labute approximate surface area is 81.2 Å². The third-order valence-electron chi connectivity index (χ3n) is 1.69. The molecule has 13 heavy (non-hydrogen) atoms. The molecule has 0 bridgehead atoms. The normalized spacial score (nSPS) is 9.77. The van der Waals surface area contributed by atoms with Gasteiger partial charge in [-0.15, -0.1) is 11.3 Å². The van der Waals surface area contributed by atoms with Crippen LogP contribution in [0.3, 0.4) is 0 Å². The molecular weight excluding hydrogens is 188 g/mol. The van der Waals surface area contributed by atoms with Crippen LogP contribution >= 0.6 is 11.3 Å².